The van der Waals surface area contributed by atoms with E-state index in [1.165, 1.54) is 12.1 Å². The van der Waals surface area contributed by atoms with E-state index < -0.39 is 24.2 Å². The Hall–Kier alpha value is -1.72. The van der Waals surface area contributed by atoms with Crippen molar-refractivity contribution in [3.63, 3.8) is 0 Å². The lowest BCUT2D eigenvalue weighted by atomic mass is 9.79. The molecule has 0 saturated carbocycles. The lowest BCUT2D eigenvalue weighted by Crippen LogP contribution is -2.33. The van der Waals surface area contributed by atoms with Crippen LogP contribution in [0.15, 0.2) is 42.5 Å². The zero-order chi connectivity index (χ0) is 13.1. The highest BCUT2D eigenvalue weighted by atomic mass is 19.2. The Morgan fingerprint density at radius 1 is 0.889 bits per heavy atom. The summed E-state index contributed by atoms with van der Waals surface area (Å²) in [5.74, 6) is -2.25. The van der Waals surface area contributed by atoms with Crippen molar-refractivity contribution in [1.29, 1.82) is 0 Å². The lowest BCUT2D eigenvalue weighted by molar-refractivity contribution is 0.419. The summed E-state index contributed by atoms with van der Waals surface area (Å²) in [5.41, 5.74) is 0.584. The highest BCUT2D eigenvalue weighted by molar-refractivity contribution is 6.58. The van der Waals surface area contributed by atoms with E-state index in [1.807, 2.05) is 30.3 Å². The normalized spacial score (nSPS) is 10.4. The molecule has 2 aromatic rings. The van der Waals surface area contributed by atoms with Gasteiger partial charge in [0.2, 0.25) is 0 Å². The first-order chi connectivity index (χ1) is 8.59. The van der Waals surface area contributed by atoms with E-state index >= 15 is 0 Å². The van der Waals surface area contributed by atoms with Crippen LogP contribution in [-0.2, 0) is 6.42 Å². The minimum atomic E-state index is -2.01. The van der Waals surface area contributed by atoms with Gasteiger partial charge in [-0.3, -0.25) is 0 Å². The minimum Gasteiger partial charge on any atom is -0.423 e. The second kappa shape index (κ2) is 5.29. The molecule has 0 radical (unpaired) electrons. The Balaban J connectivity index is 2.33. The maximum Gasteiger partial charge on any atom is 0.491 e. The minimum absolute atomic E-state index is 0.183. The molecule has 2 nitrogen and oxygen atoms in total. The molecular weight excluding hydrogens is 237 g/mol. The molecule has 0 unspecified atom stereocenters. The van der Waals surface area contributed by atoms with Crippen molar-refractivity contribution in [2.24, 2.45) is 0 Å². The molecule has 0 atom stereocenters. The van der Waals surface area contributed by atoms with Crippen molar-refractivity contribution < 1.29 is 18.8 Å². The molecule has 92 valence electrons. The van der Waals surface area contributed by atoms with Crippen LogP contribution >= 0.6 is 0 Å². The third-order valence-electron chi connectivity index (χ3n) is 2.71. The van der Waals surface area contributed by atoms with Crippen LogP contribution in [0.2, 0.25) is 0 Å². The zero-order valence-electron chi connectivity index (χ0n) is 9.48. The van der Waals surface area contributed by atoms with Gasteiger partial charge in [-0.05, 0) is 11.1 Å². The van der Waals surface area contributed by atoms with Crippen molar-refractivity contribution in [3.05, 3.63) is 65.2 Å². The van der Waals surface area contributed by atoms with Crippen molar-refractivity contribution in [2.75, 3.05) is 0 Å². The van der Waals surface area contributed by atoms with Crippen LogP contribution in [0.5, 0.6) is 0 Å². The molecule has 0 heterocycles. The summed E-state index contributed by atoms with van der Waals surface area (Å²) in [5, 5.41) is 17.7. The Labute approximate surface area is 104 Å². The molecule has 0 aliphatic rings. The molecule has 0 aliphatic carbocycles. The van der Waals surface area contributed by atoms with Crippen molar-refractivity contribution in [2.45, 2.75) is 6.42 Å². The van der Waals surface area contributed by atoms with Crippen molar-refractivity contribution in [3.8, 4) is 0 Å². The fraction of sp³-hybridized carbons (Fsp3) is 0.0769. The average Bonchev–Trinajstić information content (AvgIpc) is 2.36. The molecule has 0 aromatic heterocycles. The summed E-state index contributed by atoms with van der Waals surface area (Å²) in [4.78, 5) is 0. The first-order valence-corrected chi connectivity index (χ1v) is 5.46. The molecule has 0 aliphatic heterocycles. The zero-order valence-corrected chi connectivity index (χ0v) is 9.48. The van der Waals surface area contributed by atoms with Crippen LogP contribution in [-0.4, -0.2) is 17.2 Å². The predicted octanol–water partition coefficient (Wildman–Crippen LogP) is 1.24. The predicted molar refractivity (Wildman–Crippen MR) is 65.4 cm³/mol. The number of hydrogen-bond acceptors (Lipinski definition) is 2. The van der Waals surface area contributed by atoms with Gasteiger partial charge in [0.05, 0.1) is 0 Å². The lowest BCUT2D eigenvalue weighted by Gasteiger charge is -2.08. The van der Waals surface area contributed by atoms with Gasteiger partial charge in [-0.15, -0.1) is 0 Å². The molecule has 18 heavy (non-hydrogen) atoms. The largest absolute Gasteiger partial charge is 0.491 e. The van der Waals surface area contributed by atoms with Gasteiger partial charge in [0.25, 0.3) is 0 Å². The van der Waals surface area contributed by atoms with E-state index in [-0.39, 0.29) is 12.0 Å². The molecule has 0 fully saturated rings. The van der Waals surface area contributed by atoms with Crippen molar-refractivity contribution in [1.82, 2.24) is 0 Å². The van der Waals surface area contributed by atoms with E-state index in [0.29, 0.717) is 0 Å². The highest BCUT2D eigenvalue weighted by Crippen LogP contribution is 2.15. The number of halogens is 2. The monoisotopic (exact) mass is 248 g/mol. The average molecular weight is 248 g/mol. The van der Waals surface area contributed by atoms with Gasteiger partial charge >= 0.3 is 7.12 Å². The maximum absolute atomic E-state index is 13.7. The molecule has 0 saturated heterocycles. The summed E-state index contributed by atoms with van der Waals surface area (Å²) < 4.78 is 27.2. The van der Waals surface area contributed by atoms with Gasteiger partial charge in [0.1, 0.15) is 0 Å². The molecule has 0 spiro atoms. The molecule has 2 aromatic carbocycles. The SMILES string of the molecule is OB(O)c1ccc(Cc2ccccc2)c(F)c1F. The fourth-order valence-electron chi connectivity index (χ4n) is 1.76. The van der Waals surface area contributed by atoms with E-state index in [0.717, 1.165) is 5.56 Å². The second-order valence-electron chi connectivity index (χ2n) is 3.98. The molecule has 2 N–H and O–H groups in total. The van der Waals surface area contributed by atoms with Crippen LogP contribution in [0.3, 0.4) is 0 Å². The van der Waals surface area contributed by atoms with Crippen LogP contribution in [0.1, 0.15) is 11.1 Å². The van der Waals surface area contributed by atoms with Gasteiger partial charge < -0.3 is 10.0 Å². The first kappa shape index (κ1) is 12.7. The van der Waals surface area contributed by atoms with Crippen molar-refractivity contribution >= 4 is 12.6 Å². The van der Waals surface area contributed by atoms with Gasteiger partial charge in [-0.1, -0.05) is 42.5 Å². The Morgan fingerprint density at radius 3 is 2.17 bits per heavy atom. The van der Waals surface area contributed by atoms with Crippen LogP contribution in [0, 0.1) is 11.6 Å². The smallest absolute Gasteiger partial charge is 0.423 e. The molecule has 0 amide bonds. The standard InChI is InChI=1S/C13H11BF2O2/c15-12-10(8-9-4-2-1-3-5-9)6-7-11(13(12)16)14(17)18/h1-7,17-18H,8H2. The van der Waals surface area contributed by atoms with Crippen LogP contribution in [0.4, 0.5) is 8.78 Å². The molecular formula is C13H11BF2O2. The topological polar surface area (TPSA) is 40.5 Å². The number of benzene rings is 2. The summed E-state index contributed by atoms with van der Waals surface area (Å²) in [6, 6.07) is 11.6. The van der Waals surface area contributed by atoms with Crippen LogP contribution < -0.4 is 5.46 Å². The summed E-state index contributed by atoms with van der Waals surface area (Å²) in [6.45, 7) is 0. The van der Waals surface area contributed by atoms with E-state index in [4.69, 9.17) is 10.0 Å². The summed E-state index contributed by atoms with van der Waals surface area (Å²) in [6.07, 6.45) is 0.255. The summed E-state index contributed by atoms with van der Waals surface area (Å²) >= 11 is 0. The van der Waals surface area contributed by atoms with Crippen LogP contribution in [0.25, 0.3) is 0 Å². The van der Waals surface area contributed by atoms with E-state index in [2.05, 4.69) is 0 Å². The van der Waals surface area contributed by atoms with E-state index in [1.54, 1.807) is 0 Å². The molecule has 2 rings (SSSR count). The van der Waals surface area contributed by atoms with Gasteiger partial charge in [-0.25, -0.2) is 8.78 Å². The Morgan fingerprint density at radius 2 is 1.56 bits per heavy atom. The Bertz CT molecular complexity index is 544. The highest BCUT2D eigenvalue weighted by Gasteiger charge is 2.21. The van der Waals surface area contributed by atoms with Gasteiger partial charge in [-0.2, -0.15) is 0 Å². The fourth-order valence-corrected chi connectivity index (χ4v) is 1.76. The number of rotatable bonds is 3. The quantitative estimate of drug-likeness (QED) is 0.802. The Kier molecular flexibility index (Phi) is 3.74. The molecule has 5 heteroatoms. The molecule has 0 bridgehead atoms. The first-order valence-electron chi connectivity index (χ1n) is 5.46. The number of hydrogen-bond donors (Lipinski definition) is 2. The van der Waals surface area contributed by atoms with Gasteiger partial charge in [0.15, 0.2) is 11.6 Å². The van der Waals surface area contributed by atoms with Gasteiger partial charge in [0, 0.05) is 11.9 Å². The maximum atomic E-state index is 13.7. The third kappa shape index (κ3) is 2.58. The second-order valence-corrected chi connectivity index (χ2v) is 3.98. The summed E-state index contributed by atoms with van der Waals surface area (Å²) in [7, 11) is -2.01. The third-order valence-corrected chi connectivity index (χ3v) is 2.71. The van der Waals surface area contributed by atoms with E-state index in [9.17, 15) is 8.78 Å².